The molecule has 5 nitrogen and oxygen atoms in total. The second-order valence-corrected chi connectivity index (χ2v) is 8.35. The number of hydrogen-bond acceptors (Lipinski definition) is 4. The minimum atomic E-state index is -1.11. The molecule has 0 radical (unpaired) electrons. The zero-order valence-corrected chi connectivity index (χ0v) is 17.7. The van der Waals surface area contributed by atoms with Crippen molar-refractivity contribution in [3.63, 3.8) is 0 Å². The van der Waals surface area contributed by atoms with Gasteiger partial charge in [-0.05, 0) is 48.1 Å². The maximum Gasteiger partial charge on any atom is 0.282 e. The molecule has 162 valence electrons. The minimum absolute atomic E-state index is 0.00742. The Hall–Kier alpha value is -3.22. The summed E-state index contributed by atoms with van der Waals surface area (Å²) in [5, 5.41) is 0. The van der Waals surface area contributed by atoms with Crippen LogP contribution in [0.25, 0.3) is 5.57 Å². The number of benzene rings is 2. The molecule has 0 aliphatic carbocycles. The molecule has 31 heavy (non-hydrogen) atoms. The number of ether oxygens (including phenoxy) is 1. The van der Waals surface area contributed by atoms with Gasteiger partial charge in [0.05, 0.1) is 18.4 Å². The van der Waals surface area contributed by atoms with Gasteiger partial charge in [-0.15, -0.1) is 0 Å². The molecule has 1 saturated heterocycles. The second-order valence-electron chi connectivity index (χ2n) is 8.35. The highest BCUT2D eigenvalue weighted by Gasteiger charge is 2.43. The third kappa shape index (κ3) is 3.80. The molecule has 2 amide bonds. The fourth-order valence-corrected chi connectivity index (χ4v) is 4.53. The summed E-state index contributed by atoms with van der Waals surface area (Å²) in [6.45, 7) is 5.52. The van der Waals surface area contributed by atoms with Gasteiger partial charge in [-0.3, -0.25) is 9.59 Å². The highest BCUT2D eigenvalue weighted by molar-refractivity contribution is 6.45. The van der Waals surface area contributed by atoms with Gasteiger partial charge in [-0.2, -0.15) is 0 Å². The number of carbonyl (C=O) groups excluding carboxylic acids is 2. The summed E-state index contributed by atoms with van der Waals surface area (Å²) in [6.07, 6.45) is 1.04. The zero-order valence-electron chi connectivity index (χ0n) is 17.7. The van der Waals surface area contributed by atoms with Crippen LogP contribution >= 0.6 is 0 Å². The Morgan fingerprint density at radius 1 is 0.903 bits per heavy atom. The van der Waals surface area contributed by atoms with Crippen molar-refractivity contribution in [2.75, 3.05) is 25.1 Å². The molecule has 2 unspecified atom stereocenters. The van der Waals surface area contributed by atoms with Crippen molar-refractivity contribution >= 4 is 23.1 Å². The normalized spacial score (nSPS) is 21.8. The van der Waals surface area contributed by atoms with Gasteiger partial charge in [0.15, 0.2) is 11.6 Å². The van der Waals surface area contributed by atoms with Crippen molar-refractivity contribution in [3.8, 4) is 5.75 Å². The number of piperidine rings is 1. The summed E-state index contributed by atoms with van der Waals surface area (Å²) in [4.78, 5) is 29.8. The topological polar surface area (TPSA) is 49.9 Å². The molecule has 1 fully saturated rings. The largest absolute Gasteiger partial charge is 0.497 e. The third-order valence-corrected chi connectivity index (χ3v) is 5.78. The number of anilines is 1. The Labute approximate surface area is 179 Å². The lowest BCUT2D eigenvalue weighted by Gasteiger charge is -2.37. The van der Waals surface area contributed by atoms with Crippen LogP contribution in [0.15, 0.2) is 48.2 Å². The molecule has 7 heteroatoms. The van der Waals surface area contributed by atoms with Crippen molar-refractivity contribution in [3.05, 3.63) is 65.4 Å². The number of hydrogen-bond donors (Lipinski definition) is 0. The number of likely N-dealkylation sites (tertiary alicyclic amines) is 1. The molecule has 4 rings (SSSR count). The molecule has 2 heterocycles. The summed E-state index contributed by atoms with van der Waals surface area (Å²) in [7, 11) is 1.55. The molecule has 0 bridgehead atoms. The van der Waals surface area contributed by atoms with Gasteiger partial charge in [-0.1, -0.05) is 26.0 Å². The summed E-state index contributed by atoms with van der Waals surface area (Å²) < 4.78 is 32.5. The number of methoxy groups -OCH3 is 1. The molecule has 2 aliphatic rings. The standard InChI is InChI=1S/C24H24F2N2O3/c1-14-10-15(2)13-27(12-14)22-21(16-4-7-18(31-3)8-5-16)23(29)28(24(22)30)17-6-9-19(25)20(26)11-17/h4-9,11,14-15H,10,12-13H2,1-3H3. The molecule has 0 N–H and O–H groups in total. The number of rotatable bonds is 4. The summed E-state index contributed by atoms with van der Waals surface area (Å²) in [6, 6.07) is 9.93. The van der Waals surface area contributed by atoms with Crippen molar-refractivity contribution in [1.29, 1.82) is 0 Å². The predicted molar refractivity (Wildman–Crippen MR) is 113 cm³/mol. The van der Waals surface area contributed by atoms with Gasteiger partial charge in [0, 0.05) is 19.2 Å². The van der Waals surface area contributed by atoms with E-state index >= 15 is 0 Å². The van der Waals surface area contributed by atoms with Gasteiger partial charge < -0.3 is 9.64 Å². The fraction of sp³-hybridized carbons (Fsp3) is 0.333. The first-order valence-electron chi connectivity index (χ1n) is 10.3. The summed E-state index contributed by atoms with van der Waals surface area (Å²) in [5.74, 6) is -1.89. The molecule has 2 aromatic rings. The van der Waals surface area contributed by atoms with E-state index in [4.69, 9.17) is 4.74 Å². The van der Waals surface area contributed by atoms with Crippen LogP contribution in [0.2, 0.25) is 0 Å². The molecular weight excluding hydrogens is 402 g/mol. The third-order valence-electron chi connectivity index (χ3n) is 5.78. The highest BCUT2D eigenvalue weighted by Crippen LogP contribution is 2.37. The van der Waals surface area contributed by atoms with E-state index in [1.165, 1.54) is 6.07 Å². The average molecular weight is 426 g/mol. The van der Waals surface area contributed by atoms with Gasteiger partial charge >= 0.3 is 0 Å². The monoisotopic (exact) mass is 426 g/mol. The second kappa shape index (κ2) is 8.13. The number of amides is 2. The van der Waals surface area contributed by atoms with Crippen molar-refractivity contribution < 1.29 is 23.1 Å². The van der Waals surface area contributed by atoms with Crippen LogP contribution in [0.3, 0.4) is 0 Å². The van der Waals surface area contributed by atoms with E-state index in [1.54, 1.807) is 31.4 Å². The first-order valence-corrected chi connectivity index (χ1v) is 10.3. The Morgan fingerprint density at radius 2 is 1.55 bits per heavy atom. The molecule has 0 aromatic heterocycles. The van der Waals surface area contributed by atoms with Crippen molar-refractivity contribution in [1.82, 2.24) is 4.90 Å². The fourth-order valence-electron chi connectivity index (χ4n) is 4.53. The van der Waals surface area contributed by atoms with Gasteiger partial charge in [0.1, 0.15) is 11.4 Å². The van der Waals surface area contributed by atoms with Crippen LogP contribution in [0.1, 0.15) is 25.8 Å². The van der Waals surface area contributed by atoms with Crippen LogP contribution in [0.5, 0.6) is 5.75 Å². The molecule has 0 spiro atoms. The number of imide groups is 1. The highest BCUT2D eigenvalue weighted by atomic mass is 19.2. The summed E-state index contributed by atoms with van der Waals surface area (Å²) >= 11 is 0. The smallest absolute Gasteiger partial charge is 0.282 e. The first kappa shape index (κ1) is 21.0. The van der Waals surface area contributed by atoms with Crippen LogP contribution in [-0.4, -0.2) is 36.9 Å². The van der Waals surface area contributed by atoms with E-state index in [0.717, 1.165) is 23.5 Å². The van der Waals surface area contributed by atoms with Crippen LogP contribution in [0.4, 0.5) is 14.5 Å². The summed E-state index contributed by atoms with van der Waals surface area (Å²) in [5.41, 5.74) is 1.15. The molecular formula is C24H24F2N2O3. The van der Waals surface area contributed by atoms with E-state index in [1.807, 2.05) is 4.90 Å². The van der Waals surface area contributed by atoms with Crippen molar-refractivity contribution in [2.24, 2.45) is 11.8 Å². The van der Waals surface area contributed by atoms with E-state index < -0.39 is 23.4 Å². The van der Waals surface area contributed by atoms with Crippen LogP contribution in [-0.2, 0) is 9.59 Å². The number of nitrogens with zero attached hydrogens (tertiary/aromatic N) is 2. The van der Waals surface area contributed by atoms with Crippen LogP contribution < -0.4 is 9.64 Å². The number of carbonyl (C=O) groups is 2. The lowest BCUT2D eigenvalue weighted by Crippen LogP contribution is -2.42. The lowest BCUT2D eigenvalue weighted by atomic mass is 9.91. The van der Waals surface area contributed by atoms with Gasteiger partial charge in [-0.25, -0.2) is 13.7 Å². The SMILES string of the molecule is COc1ccc(C2=C(N3CC(C)CC(C)C3)C(=O)N(c3ccc(F)c(F)c3)C2=O)cc1. The Bertz CT molecular complexity index is 1050. The quantitative estimate of drug-likeness (QED) is 0.687. The molecule has 2 aliphatic heterocycles. The predicted octanol–water partition coefficient (Wildman–Crippen LogP) is 4.24. The lowest BCUT2D eigenvalue weighted by molar-refractivity contribution is -0.120. The Morgan fingerprint density at radius 3 is 2.13 bits per heavy atom. The van der Waals surface area contributed by atoms with Gasteiger partial charge in [0.25, 0.3) is 11.8 Å². The maximum absolute atomic E-state index is 13.9. The maximum atomic E-state index is 13.9. The van der Waals surface area contributed by atoms with Crippen LogP contribution in [0, 0.1) is 23.5 Å². The van der Waals surface area contributed by atoms with E-state index in [-0.39, 0.29) is 11.3 Å². The minimum Gasteiger partial charge on any atom is -0.497 e. The Kier molecular flexibility index (Phi) is 5.52. The molecule has 2 atom stereocenters. The Balaban J connectivity index is 1.83. The zero-order chi connectivity index (χ0) is 22.3. The van der Waals surface area contributed by atoms with E-state index in [0.29, 0.717) is 41.9 Å². The van der Waals surface area contributed by atoms with E-state index in [2.05, 4.69) is 13.8 Å². The van der Waals surface area contributed by atoms with E-state index in [9.17, 15) is 18.4 Å². The average Bonchev–Trinajstić information content (AvgIpc) is 2.99. The van der Waals surface area contributed by atoms with Crippen molar-refractivity contribution in [2.45, 2.75) is 20.3 Å². The first-order chi connectivity index (χ1) is 14.8. The molecule has 0 saturated carbocycles. The number of halogens is 2. The van der Waals surface area contributed by atoms with Gasteiger partial charge in [0.2, 0.25) is 0 Å². The molecule has 2 aromatic carbocycles.